The lowest BCUT2D eigenvalue weighted by molar-refractivity contribution is 0.0161. The van der Waals surface area contributed by atoms with Crippen LogP contribution in [0.2, 0.25) is 5.02 Å². The van der Waals surface area contributed by atoms with Crippen LogP contribution in [0, 0.1) is 0 Å². The molecule has 120 valence electrons. The number of nitrogens with zero attached hydrogens (tertiary/aromatic N) is 2. The van der Waals surface area contributed by atoms with Gasteiger partial charge >= 0.3 is 0 Å². The normalized spacial score (nSPS) is 14.5. The third-order valence-electron chi connectivity index (χ3n) is 4.14. The van der Waals surface area contributed by atoms with E-state index in [0.717, 1.165) is 16.3 Å². The Labute approximate surface area is 144 Å². The standard InChI is InChI=1S/C19H15ClN2O2/c20-14-8-9-18(21-10-14)24-15-11-22(12-15)19(23)17-7-3-5-13-4-1-2-6-16(13)17/h1-10,15H,11-12H2. The molecule has 0 N–H and O–H groups in total. The minimum absolute atomic E-state index is 0.0300. The van der Waals surface area contributed by atoms with Gasteiger partial charge in [0.05, 0.1) is 18.1 Å². The number of likely N-dealkylation sites (tertiary alicyclic amines) is 1. The Morgan fingerprint density at radius 2 is 1.88 bits per heavy atom. The molecule has 1 aromatic heterocycles. The van der Waals surface area contributed by atoms with E-state index >= 15 is 0 Å². The summed E-state index contributed by atoms with van der Waals surface area (Å²) in [6.45, 7) is 1.12. The van der Waals surface area contributed by atoms with E-state index < -0.39 is 0 Å². The minimum atomic E-state index is -0.0300. The highest BCUT2D eigenvalue weighted by atomic mass is 35.5. The summed E-state index contributed by atoms with van der Waals surface area (Å²) >= 11 is 5.81. The Hall–Kier alpha value is -2.59. The van der Waals surface area contributed by atoms with Gasteiger partial charge in [-0.3, -0.25) is 4.79 Å². The van der Waals surface area contributed by atoms with Crippen LogP contribution in [0.4, 0.5) is 0 Å². The van der Waals surface area contributed by atoms with Gasteiger partial charge < -0.3 is 9.64 Å². The average Bonchev–Trinajstić information content (AvgIpc) is 2.58. The van der Waals surface area contributed by atoms with E-state index in [0.29, 0.717) is 24.0 Å². The molecule has 0 saturated carbocycles. The molecule has 0 spiro atoms. The molecular formula is C19H15ClN2O2. The number of hydrogen-bond donors (Lipinski definition) is 0. The van der Waals surface area contributed by atoms with Crippen molar-refractivity contribution in [1.29, 1.82) is 0 Å². The molecule has 24 heavy (non-hydrogen) atoms. The fourth-order valence-electron chi connectivity index (χ4n) is 2.86. The van der Waals surface area contributed by atoms with Crippen LogP contribution in [0.3, 0.4) is 0 Å². The molecule has 1 amide bonds. The summed E-state index contributed by atoms with van der Waals surface area (Å²) < 4.78 is 5.75. The monoisotopic (exact) mass is 338 g/mol. The van der Waals surface area contributed by atoms with E-state index in [2.05, 4.69) is 4.98 Å². The fraction of sp³-hybridized carbons (Fsp3) is 0.158. The van der Waals surface area contributed by atoms with Crippen LogP contribution in [0.25, 0.3) is 10.8 Å². The molecule has 0 unspecified atom stereocenters. The zero-order chi connectivity index (χ0) is 16.5. The van der Waals surface area contributed by atoms with Gasteiger partial charge in [-0.2, -0.15) is 0 Å². The molecule has 1 aliphatic rings. The predicted molar refractivity (Wildman–Crippen MR) is 93.5 cm³/mol. The van der Waals surface area contributed by atoms with E-state index in [4.69, 9.17) is 16.3 Å². The number of rotatable bonds is 3. The van der Waals surface area contributed by atoms with Gasteiger partial charge in [0.1, 0.15) is 6.10 Å². The molecule has 1 saturated heterocycles. The summed E-state index contributed by atoms with van der Waals surface area (Å²) in [5.41, 5.74) is 0.733. The molecule has 0 aliphatic carbocycles. The second-order valence-electron chi connectivity index (χ2n) is 5.79. The first kappa shape index (κ1) is 15.0. The number of ether oxygens (including phenoxy) is 1. The van der Waals surface area contributed by atoms with Crippen molar-refractivity contribution in [2.75, 3.05) is 13.1 Å². The maximum absolute atomic E-state index is 12.7. The number of aromatic nitrogens is 1. The lowest BCUT2D eigenvalue weighted by Gasteiger charge is -2.38. The summed E-state index contributed by atoms with van der Waals surface area (Å²) in [6, 6.07) is 17.2. The van der Waals surface area contributed by atoms with E-state index in [-0.39, 0.29) is 12.0 Å². The summed E-state index contributed by atoms with van der Waals surface area (Å²) in [5.74, 6) is 0.567. The van der Waals surface area contributed by atoms with Crippen molar-refractivity contribution in [2.45, 2.75) is 6.10 Å². The summed E-state index contributed by atoms with van der Waals surface area (Å²) in [6.07, 6.45) is 1.52. The van der Waals surface area contributed by atoms with E-state index in [9.17, 15) is 4.79 Å². The highest BCUT2D eigenvalue weighted by Crippen LogP contribution is 2.24. The third-order valence-corrected chi connectivity index (χ3v) is 4.37. The molecule has 2 heterocycles. The molecule has 4 rings (SSSR count). The lowest BCUT2D eigenvalue weighted by atomic mass is 10.0. The molecule has 1 aliphatic heterocycles. The first-order chi connectivity index (χ1) is 11.7. The van der Waals surface area contributed by atoms with Gasteiger partial charge in [-0.15, -0.1) is 0 Å². The second-order valence-corrected chi connectivity index (χ2v) is 6.23. The van der Waals surface area contributed by atoms with E-state index in [1.54, 1.807) is 23.2 Å². The lowest BCUT2D eigenvalue weighted by Crippen LogP contribution is -2.56. The van der Waals surface area contributed by atoms with Crippen molar-refractivity contribution in [1.82, 2.24) is 9.88 Å². The molecule has 0 bridgehead atoms. The van der Waals surface area contributed by atoms with Crippen LogP contribution >= 0.6 is 11.6 Å². The van der Waals surface area contributed by atoms with Crippen molar-refractivity contribution in [3.63, 3.8) is 0 Å². The average molecular weight is 339 g/mol. The number of fused-ring (bicyclic) bond motifs is 1. The minimum Gasteiger partial charge on any atom is -0.471 e. The summed E-state index contributed by atoms with van der Waals surface area (Å²) in [7, 11) is 0. The van der Waals surface area contributed by atoms with Gasteiger partial charge in [0.15, 0.2) is 0 Å². The van der Waals surface area contributed by atoms with Gasteiger partial charge in [-0.25, -0.2) is 4.98 Å². The van der Waals surface area contributed by atoms with Crippen molar-refractivity contribution in [2.24, 2.45) is 0 Å². The highest BCUT2D eigenvalue weighted by molar-refractivity contribution is 6.30. The number of carbonyl (C=O) groups excluding carboxylic acids is 1. The Balaban J connectivity index is 1.44. The number of benzene rings is 2. The highest BCUT2D eigenvalue weighted by Gasteiger charge is 2.33. The van der Waals surface area contributed by atoms with Crippen LogP contribution < -0.4 is 4.74 Å². The molecule has 0 atom stereocenters. The zero-order valence-electron chi connectivity index (χ0n) is 12.9. The Bertz CT molecular complexity index is 884. The smallest absolute Gasteiger partial charge is 0.254 e. The number of hydrogen-bond acceptors (Lipinski definition) is 3. The number of carbonyl (C=O) groups is 1. The van der Waals surface area contributed by atoms with Crippen LogP contribution in [-0.2, 0) is 0 Å². The van der Waals surface area contributed by atoms with Crippen LogP contribution in [-0.4, -0.2) is 35.0 Å². The van der Waals surface area contributed by atoms with Crippen molar-refractivity contribution < 1.29 is 9.53 Å². The third kappa shape index (κ3) is 2.81. The van der Waals surface area contributed by atoms with E-state index in [1.807, 2.05) is 42.5 Å². The first-order valence-electron chi connectivity index (χ1n) is 7.76. The molecule has 0 radical (unpaired) electrons. The summed E-state index contributed by atoms with van der Waals surface area (Å²) in [5, 5.41) is 2.62. The van der Waals surface area contributed by atoms with E-state index in [1.165, 1.54) is 0 Å². The van der Waals surface area contributed by atoms with Crippen LogP contribution in [0.15, 0.2) is 60.8 Å². The molecule has 2 aromatic carbocycles. The zero-order valence-corrected chi connectivity index (χ0v) is 13.6. The molecular weight excluding hydrogens is 324 g/mol. The van der Waals surface area contributed by atoms with Crippen LogP contribution in [0.1, 0.15) is 10.4 Å². The number of pyridine rings is 1. The largest absolute Gasteiger partial charge is 0.471 e. The Morgan fingerprint density at radius 3 is 2.67 bits per heavy atom. The topological polar surface area (TPSA) is 42.4 Å². The SMILES string of the molecule is O=C(c1cccc2ccccc12)N1CC(Oc2ccc(Cl)cn2)C1. The van der Waals surface area contributed by atoms with Crippen molar-refractivity contribution in [3.8, 4) is 5.88 Å². The maximum Gasteiger partial charge on any atom is 0.254 e. The first-order valence-corrected chi connectivity index (χ1v) is 8.14. The van der Waals surface area contributed by atoms with Gasteiger partial charge in [-0.05, 0) is 22.9 Å². The predicted octanol–water partition coefficient (Wildman–Crippen LogP) is 3.79. The number of halogens is 1. The molecule has 1 fully saturated rings. The fourth-order valence-corrected chi connectivity index (χ4v) is 2.98. The molecule has 4 nitrogen and oxygen atoms in total. The van der Waals surface area contributed by atoms with Gasteiger partial charge in [-0.1, -0.05) is 48.0 Å². The Kier molecular flexibility index (Phi) is 3.82. The van der Waals surface area contributed by atoms with Crippen molar-refractivity contribution in [3.05, 3.63) is 71.4 Å². The summed E-state index contributed by atoms with van der Waals surface area (Å²) in [4.78, 5) is 18.6. The maximum atomic E-state index is 12.7. The number of amides is 1. The molecule has 3 aromatic rings. The van der Waals surface area contributed by atoms with Crippen LogP contribution in [0.5, 0.6) is 5.88 Å². The quantitative estimate of drug-likeness (QED) is 0.729. The van der Waals surface area contributed by atoms with Gasteiger partial charge in [0, 0.05) is 17.8 Å². The van der Waals surface area contributed by atoms with Gasteiger partial charge in [0.25, 0.3) is 5.91 Å². The molecule has 5 heteroatoms. The van der Waals surface area contributed by atoms with Crippen molar-refractivity contribution >= 4 is 28.3 Å². The Morgan fingerprint density at radius 1 is 1.08 bits per heavy atom. The second kappa shape index (κ2) is 6.13. The van der Waals surface area contributed by atoms with Gasteiger partial charge in [0.2, 0.25) is 5.88 Å².